The molecule has 2 aromatic carbocycles. The predicted octanol–water partition coefficient (Wildman–Crippen LogP) is 5.19. The third-order valence-corrected chi connectivity index (χ3v) is 4.71. The quantitative estimate of drug-likeness (QED) is 0.600. The third kappa shape index (κ3) is 4.67. The number of fused-ring (bicyclic) bond motifs is 1. The van der Waals surface area contributed by atoms with E-state index in [0.29, 0.717) is 39.8 Å². The molecular formula is C18H16ClFN2O2S. The average Bonchev–Trinajstić information content (AvgIpc) is 2.94. The number of aryl methyl sites for hydroxylation is 1. The van der Waals surface area contributed by atoms with Crippen molar-refractivity contribution in [3.05, 3.63) is 52.8 Å². The summed E-state index contributed by atoms with van der Waals surface area (Å²) in [6.45, 7) is 2.35. The van der Waals surface area contributed by atoms with Crippen LogP contribution in [0.1, 0.15) is 18.4 Å². The van der Waals surface area contributed by atoms with E-state index in [1.165, 1.54) is 23.5 Å². The van der Waals surface area contributed by atoms with Gasteiger partial charge in [0.15, 0.2) is 5.13 Å². The minimum absolute atomic E-state index is 0.143. The summed E-state index contributed by atoms with van der Waals surface area (Å²) in [6.07, 6.45) is 0.893. The number of anilines is 1. The summed E-state index contributed by atoms with van der Waals surface area (Å²) >= 11 is 7.15. The molecule has 25 heavy (non-hydrogen) atoms. The van der Waals surface area contributed by atoms with Gasteiger partial charge in [0.25, 0.3) is 0 Å². The Morgan fingerprint density at radius 1 is 1.32 bits per heavy atom. The molecule has 7 heteroatoms. The Kier molecular flexibility index (Phi) is 5.50. The molecule has 1 heterocycles. The van der Waals surface area contributed by atoms with Crippen LogP contribution in [0.3, 0.4) is 0 Å². The minimum atomic E-state index is -0.316. The number of benzene rings is 2. The average molecular weight is 379 g/mol. The Morgan fingerprint density at radius 3 is 2.96 bits per heavy atom. The second kappa shape index (κ2) is 7.80. The van der Waals surface area contributed by atoms with Gasteiger partial charge in [-0.3, -0.25) is 4.79 Å². The monoisotopic (exact) mass is 378 g/mol. The van der Waals surface area contributed by atoms with E-state index in [1.807, 2.05) is 19.1 Å². The van der Waals surface area contributed by atoms with Crippen LogP contribution < -0.4 is 10.1 Å². The lowest BCUT2D eigenvalue weighted by atomic mass is 10.2. The molecule has 1 amide bonds. The number of nitrogens with zero attached hydrogens (tertiary/aromatic N) is 1. The topological polar surface area (TPSA) is 51.2 Å². The number of carbonyl (C=O) groups excluding carboxylic acids is 1. The van der Waals surface area contributed by atoms with Crippen LogP contribution in [0.2, 0.25) is 5.02 Å². The van der Waals surface area contributed by atoms with Crippen molar-refractivity contribution in [3.63, 3.8) is 0 Å². The van der Waals surface area contributed by atoms with Crippen molar-refractivity contribution in [2.24, 2.45) is 0 Å². The van der Waals surface area contributed by atoms with E-state index in [2.05, 4.69) is 10.3 Å². The number of rotatable bonds is 6. The van der Waals surface area contributed by atoms with Gasteiger partial charge < -0.3 is 10.1 Å². The first-order chi connectivity index (χ1) is 12.0. The van der Waals surface area contributed by atoms with Crippen LogP contribution >= 0.6 is 22.9 Å². The van der Waals surface area contributed by atoms with Gasteiger partial charge in [0.1, 0.15) is 11.6 Å². The van der Waals surface area contributed by atoms with Crippen LogP contribution in [-0.4, -0.2) is 17.5 Å². The first-order valence-electron chi connectivity index (χ1n) is 7.76. The van der Waals surface area contributed by atoms with E-state index >= 15 is 0 Å². The number of halogens is 2. The fourth-order valence-corrected chi connectivity index (χ4v) is 3.46. The van der Waals surface area contributed by atoms with E-state index < -0.39 is 0 Å². The predicted molar refractivity (Wildman–Crippen MR) is 99.1 cm³/mol. The van der Waals surface area contributed by atoms with Gasteiger partial charge in [0, 0.05) is 11.4 Å². The van der Waals surface area contributed by atoms with E-state index in [0.717, 1.165) is 11.3 Å². The fraction of sp³-hybridized carbons (Fsp3) is 0.222. The van der Waals surface area contributed by atoms with E-state index in [9.17, 15) is 9.18 Å². The van der Waals surface area contributed by atoms with Gasteiger partial charge in [-0.05, 0) is 55.3 Å². The maximum atomic E-state index is 13.2. The Balaban J connectivity index is 1.47. The van der Waals surface area contributed by atoms with E-state index in [-0.39, 0.29) is 11.7 Å². The van der Waals surface area contributed by atoms with Crippen molar-refractivity contribution in [1.82, 2.24) is 4.98 Å². The molecule has 1 N–H and O–H groups in total. The molecule has 0 aliphatic rings. The second-order valence-corrected chi connectivity index (χ2v) is 7.01. The lowest BCUT2D eigenvalue weighted by molar-refractivity contribution is -0.116. The van der Waals surface area contributed by atoms with E-state index in [1.54, 1.807) is 12.1 Å². The number of aromatic nitrogens is 1. The van der Waals surface area contributed by atoms with Gasteiger partial charge in [-0.2, -0.15) is 0 Å². The zero-order chi connectivity index (χ0) is 17.8. The molecule has 0 unspecified atom stereocenters. The summed E-state index contributed by atoms with van der Waals surface area (Å²) in [4.78, 5) is 16.3. The molecule has 3 aromatic rings. The van der Waals surface area contributed by atoms with Gasteiger partial charge in [0.05, 0.1) is 16.8 Å². The third-order valence-electron chi connectivity index (χ3n) is 3.54. The molecule has 0 saturated carbocycles. The number of thiazole rings is 1. The van der Waals surface area contributed by atoms with Crippen LogP contribution in [0.15, 0.2) is 36.4 Å². The highest BCUT2D eigenvalue weighted by atomic mass is 35.5. The number of hydrogen-bond donors (Lipinski definition) is 1. The molecule has 0 spiro atoms. The molecule has 0 radical (unpaired) electrons. The Labute approximate surface area is 153 Å². The lowest BCUT2D eigenvalue weighted by Gasteiger charge is -2.09. The zero-order valence-corrected chi connectivity index (χ0v) is 15.1. The number of amides is 1. The number of ether oxygens (including phenoxy) is 1. The summed E-state index contributed by atoms with van der Waals surface area (Å²) in [7, 11) is 0. The molecule has 0 aliphatic carbocycles. The number of hydrogen-bond acceptors (Lipinski definition) is 4. The molecule has 4 nitrogen and oxygen atoms in total. The van der Waals surface area contributed by atoms with Crippen molar-refractivity contribution in [2.45, 2.75) is 19.8 Å². The first kappa shape index (κ1) is 17.6. The van der Waals surface area contributed by atoms with Crippen LogP contribution in [0.4, 0.5) is 9.52 Å². The molecule has 1 aromatic heterocycles. The highest BCUT2D eigenvalue weighted by Gasteiger charge is 2.09. The Hall–Kier alpha value is -2.18. The van der Waals surface area contributed by atoms with Gasteiger partial charge >= 0.3 is 0 Å². The molecule has 3 rings (SSSR count). The first-order valence-corrected chi connectivity index (χ1v) is 8.95. The highest BCUT2D eigenvalue weighted by molar-refractivity contribution is 7.22. The van der Waals surface area contributed by atoms with Crippen molar-refractivity contribution < 1.29 is 13.9 Å². The van der Waals surface area contributed by atoms with E-state index in [4.69, 9.17) is 16.3 Å². The van der Waals surface area contributed by atoms with Gasteiger partial charge in [-0.25, -0.2) is 9.37 Å². The van der Waals surface area contributed by atoms with Crippen LogP contribution in [0.25, 0.3) is 10.2 Å². The van der Waals surface area contributed by atoms with Crippen LogP contribution in [0, 0.1) is 12.7 Å². The smallest absolute Gasteiger partial charge is 0.226 e. The summed E-state index contributed by atoms with van der Waals surface area (Å²) in [6, 6.07) is 9.78. The minimum Gasteiger partial charge on any atom is -0.493 e. The van der Waals surface area contributed by atoms with Crippen molar-refractivity contribution in [3.8, 4) is 5.75 Å². The van der Waals surface area contributed by atoms with Gasteiger partial charge in [-0.15, -0.1) is 0 Å². The highest BCUT2D eigenvalue weighted by Crippen LogP contribution is 2.26. The molecule has 0 atom stereocenters. The van der Waals surface area contributed by atoms with Gasteiger partial charge in [-0.1, -0.05) is 22.9 Å². The van der Waals surface area contributed by atoms with Crippen molar-refractivity contribution in [1.29, 1.82) is 0 Å². The normalized spacial score (nSPS) is 10.8. The fourth-order valence-electron chi connectivity index (χ4n) is 2.32. The SMILES string of the molecule is Cc1cc(Cl)ccc1OCCCC(=O)Nc1nc2ccc(F)cc2s1. The molecule has 0 fully saturated rings. The maximum Gasteiger partial charge on any atom is 0.226 e. The number of carbonyl (C=O) groups is 1. The summed E-state index contributed by atoms with van der Waals surface area (Å²) in [5, 5.41) is 3.88. The van der Waals surface area contributed by atoms with Crippen LogP contribution in [0.5, 0.6) is 5.75 Å². The van der Waals surface area contributed by atoms with Crippen molar-refractivity contribution >= 4 is 44.2 Å². The van der Waals surface area contributed by atoms with Crippen LogP contribution in [-0.2, 0) is 4.79 Å². The molecule has 0 saturated heterocycles. The zero-order valence-electron chi connectivity index (χ0n) is 13.5. The van der Waals surface area contributed by atoms with Gasteiger partial charge in [0.2, 0.25) is 5.91 Å². The standard InChI is InChI=1S/C18H16ClFN2O2S/c1-11-9-12(19)4-7-15(11)24-8-2-3-17(23)22-18-21-14-6-5-13(20)10-16(14)25-18/h4-7,9-10H,2-3,8H2,1H3,(H,21,22,23). The Morgan fingerprint density at radius 2 is 2.16 bits per heavy atom. The molecule has 130 valence electrons. The summed E-state index contributed by atoms with van der Waals surface area (Å²) in [5.74, 6) is 0.303. The maximum absolute atomic E-state index is 13.2. The largest absolute Gasteiger partial charge is 0.493 e. The van der Waals surface area contributed by atoms with Crippen molar-refractivity contribution in [2.75, 3.05) is 11.9 Å². The summed E-state index contributed by atoms with van der Waals surface area (Å²) < 4.78 is 19.5. The lowest BCUT2D eigenvalue weighted by Crippen LogP contribution is -2.12. The molecule has 0 aliphatic heterocycles. The molecular weight excluding hydrogens is 363 g/mol. The summed E-state index contributed by atoms with van der Waals surface area (Å²) in [5.41, 5.74) is 1.63. The Bertz CT molecular complexity index is 913. The molecule has 0 bridgehead atoms. The second-order valence-electron chi connectivity index (χ2n) is 5.54. The number of nitrogens with one attached hydrogen (secondary N) is 1.